The molecule has 0 spiro atoms. The Bertz CT molecular complexity index is 432. The van der Waals surface area contributed by atoms with Crippen LogP contribution in [-0.4, -0.2) is 42.3 Å². The predicted octanol–water partition coefficient (Wildman–Crippen LogP) is 2.59. The van der Waals surface area contributed by atoms with Crippen LogP contribution in [0.5, 0.6) is 0 Å². The highest BCUT2D eigenvalue weighted by molar-refractivity contribution is 5.89. The van der Waals surface area contributed by atoms with Crippen LogP contribution in [0.15, 0.2) is 24.3 Å². The molecule has 0 aliphatic heterocycles. The molecule has 1 aromatic rings. The largest absolute Gasteiger partial charge is 0.392 e. The summed E-state index contributed by atoms with van der Waals surface area (Å²) < 4.78 is 0. The summed E-state index contributed by atoms with van der Waals surface area (Å²) in [6.45, 7) is 7.22. The van der Waals surface area contributed by atoms with Crippen LogP contribution in [0.4, 0.5) is 10.5 Å². The Kier molecular flexibility index (Phi) is 7.19. The van der Waals surface area contributed by atoms with Crippen molar-refractivity contribution in [3.8, 4) is 0 Å². The minimum atomic E-state index is -0.534. The first-order valence-corrected chi connectivity index (χ1v) is 7.47. The van der Waals surface area contributed by atoms with E-state index in [4.69, 9.17) is 0 Å². The molecule has 0 aliphatic rings. The van der Waals surface area contributed by atoms with Gasteiger partial charge in [-0.05, 0) is 44.5 Å². The number of likely N-dealkylation sites (N-methyl/N-ethyl adjacent to an activating group) is 1. The van der Waals surface area contributed by atoms with Crippen LogP contribution in [0.3, 0.4) is 0 Å². The Hall–Kier alpha value is -1.59. The van der Waals surface area contributed by atoms with E-state index < -0.39 is 6.10 Å². The van der Waals surface area contributed by atoms with E-state index in [2.05, 4.69) is 24.5 Å². The van der Waals surface area contributed by atoms with Gasteiger partial charge < -0.3 is 20.6 Å². The summed E-state index contributed by atoms with van der Waals surface area (Å²) >= 11 is 0. The first kappa shape index (κ1) is 17.5. The monoisotopic (exact) mass is 293 g/mol. The normalized spacial score (nSPS) is 13.6. The highest BCUT2D eigenvalue weighted by atomic mass is 16.3. The van der Waals surface area contributed by atoms with Gasteiger partial charge >= 0.3 is 6.03 Å². The second-order valence-electron chi connectivity index (χ2n) is 5.46. The quantitative estimate of drug-likeness (QED) is 0.724. The molecular weight excluding hydrogens is 266 g/mol. The first-order valence-electron chi connectivity index (χ1n) is 7.47. The fourth-order valence-corrected chi connectivity index (χ4v) is 2.03. The molecule has 2 atom stereocenters. The Morgan fingerprint density at radius 3 is 2.43 bits per heavy atom. The van der Waals surface area contributed by atoms with Gasteiger partial charge in [-0.1, -0.05) is 19.1 Å². The number of aliphatic hydroxyl groups is 1. The number of hydrogen-bond acceptors (Lipinski definition) is 3. The summed E-state index contributed by atoms with van der Waals surface area (Å²) in [6.07, 6.45) is 0.572. The summed E-state index contributed by atoms with van der Waals surface area (Å²) in [7, 11) is 1.66. The molecule has 0 bridgehead atoms. The molecule has 0 aromatic heterocycles. The van der Waals surface area contributed by atoms with Crippen molar-refractivity contribution in [2.45, 2.75) is 39.3 Å². The molecule has 5 nitrogen and oxygen atoms in total. The molecule has 0 saturated carbocycles. The SMILES string of the molecule is CCCNC(C)c1ccc(NC(=O)N(C)CC(C)O)cc1. The maximum absolute atomic E-state index is 11.9. The zero-order valence-electron chi connectivity index (χ0n) is 13.4. The Morgan fingerprint density at radius 1 is 1.29 bits per heavy atom. The van der Waals surface area contributed by atoms with Crippen LogP contribution in [0.25, 0.3) is 0 Å². The Labute approximate surface area is 127 Å². The number of nitrogens with zero attached hydrogens (tertiary/aromatic N) is 1. The van der Waals surface area contributed by atoms with E-state index >= 15 is 0 Å². The average Bonchev–Trinajstić information content (AvgIpc) is 2.44. The van der Waals surface area contributed by atoms with Gasteiger partial charge in [-0.3, -0.25) is 0 Å². The molecule has 1 rings (SSSR count). The molecule has 3 N–H and O–H groups in total. The summed E-state index contributed by atoms with van der Waals surface area (Å²) in [6, 6.07) is 7.89. The molecule has 5 heteroatoms. The second-order valence-corrected chi connectivity index (χ2v) is 5.46. The average molecular weight is 293 g/mol. The molecular formula is C16H27N3O2. The molecule has 0 aliphatic carbocycles. The van der Waals surface area contributed by atoms with Gasteiger partial charge in [0.25, 0.3) is 0 Å². The third-order valence-corrected chi connectivity index (χ3v) is 3.25. The smallest absolute Gasteiger partial charge is 0.321 e. The molecule has 2 amide bonds. The Morgan fingerprint density at radius 2 is 1.90 bits per heavy atom. The molecule has 0 radical (unpaired) electrons. The van der Waals surface area contributed by atoms with Gasteiger partial charge in [0.15, 0.2) is 0 Å². The van der Waals surface area contributed by atoms with Crippen molar-refractivity contribution >= 4 is 11.7 Å². The number of amides is 2. The van der Waals surface area contributed by atoms with Crippen molar-refractivity contribution in [3.05, 3.63) is 29.8 Å². The third-order valence-electron chi connectivity index (χ3n) is 3.25. The number of nitrogens with one attached hydrogen (secondary N) is 2. The van der Waals surface area contributed by atoms with E-state index in [1.165, 1.54) is 10.5 Å². The van der Waals surface area contributed by atoms with E-state index in [1.54, 1.807) is 14.0 Å². The highest BCUT2D eigenvalue weighted by Gasteiger charge is 2.11. The maximum atomic E-state index is 11.9. The number of rotatable bonds is 7. The van der Waals surface area contributed by atoms with E-state index in [0.717, 1.165) is 18.7 Å². The van der Waals surface area contributed by atoms with Crippen molar-refractivity contribution < 1.29 is 9.90 Å². The van der Waals surface area contributed by atoms with Crippen LogP contribution >= 0.6 is 0 Å². The van der Waals surface area contributed by atoms with E-state index in [0.29, 0.717) is 12.6 Å². The van der Waals surface area contributed by atoms with Crippen LogP contribution in [-0.2, 0) is 0 Å². The topological polar surface area (TPSA) is 64.6 Å². The van der Waals surface area contributed by atoms with Gasteiger partial charge in [0.2, 0.25) is 0 Å². The number of carbonyl (C=O) groups excluding carboxylic acids is 1. The standard InChI is InChI=1S/C16H27N3O2/c1-5-10-17-13(3)14-6-8-15(9-7-14)18-16(21)19(4)11-12(2)20/h6-9,12-13,17,20H,5,10-11H2,1-4H3,(H,18,21). The predicted molar refractivity (Wildman–Crippen MR) is 86.5 cm³/mol. The van der Waals surface area contributed by atoms with Crippen molar-refractivity contribution in [3.63, 3.8) is 0 Å². The molecule has 21 heavy (non-hydrogen) atoms. The zero-order chi connectivity index (χ0) is 15.8. The van der Waals surface area contributed by atoms with E-state index in [-0.39, 0.29) is 6.03 Å². The van der Waals surface area contributed by atoms with Crippen molar-refractivity contribution in [2.24, 2.45) is 0 Å². The molecule has 2 unspecified atom stereocenters. The lowest BCUT2D eigenvalue weighted by molar-refractivity contribution is 0.149. The fourth-order valence-electron chi connectivity index (χ4n) is 2.03. The Balaban J connectivity index is 2.56. The number of urea groups is 1. The summed E-state index contributed by atoms with van der Waals surface area (Å²) in [5.74, 6) is 0. The van der Waals surface area contributed by atoms with Crippen molar-refractivity contribution in [1.29, 1.82) is 0 Å². The van der Waals surface area contributed by atoms with Gasteiger partial charge in [-0.2, -0.15) is 0 Å². The van der Waals surface area contributed by atoms with Crippen LogP contribution in [0, 0.1) is 0 Å². The van der Waals surface area contributed by atoms with Gasteiger partial charge in [-0.25, -0.2) is 4.79 Å². The molecule has 0 saturated heterocycles. The number of benzene rings is 1. The molecule has 0 fully saturated rings. The second kappa shape index (κ2) is 8.64. The number of hydrogen-bond donors (Lipinski definition) is 3. The third kappa shape index (κ3) is 6.14. The van der Waals surface area contributed by atoms with E-state index in [1.807, 2.05) is 24.3 Å². The lowest BCUT2D eigenvalue weighted by atomic mass is 10.1. The number of carbonyl (C=O) groups is 1. The van der Waals surface area contributed by atoms with Crippen molar-refractivity contribution in [2.75, 3.05) is 25.5 Å². The van der Waals surface area contributed by atoms with E-state index in [9.17, 15) is 9.90 Å². The lowest BCUT2D eigenvalue weighted by Crippen LogP contribution is -2.36. The van der Waals surface area contributed by atoms with Crippen LogP contribution in [0.2, 0.25) is 0 Å². The number of aliphatic hydroxyl groups excluding tert-OH is 1. The van der Waals surface area contributed by atoms with Crippen LogP contribution < -0.4 is 10.6 Å². The highest BCUT2D eigenvalue weighted by Crippen LogP contribution is 2.16. The molecule has 0 heterocycles. The summed E-state index contributed by atoms with van der Waals surface area (Å²) in [4.78, 5) is 13.4. The van der Waals surface area contributed by atoms with Gasteiger partial charge in [0.1, 0.15) is 0 Å². The van der Waals surface area contributed by atoms with Gasteiger partial charge in [0.05, 0.1) is 6.10 Å². The fraction of sp³-hybridized carbons (Fsp3) is 0.562. The van der Waals surface area contributed by atoms with Crippen molar-refractivity contribution in [1.82, 2.24) is 10.2 Å². The van der Waals surface area contributed by atoms with Crippen LogP contribution in [0.1, 0.15) is 38.8 Å². The summed E-state index contributed by atoms with van der Waals surface area (Å²) in [5, 5.41) is 15.5. The zero-order valence-corrected chi connectivity index (χ0v) is 13.4. The first-order chi connectivity index (χ1) is 9.93. The molecule has 118 valence electrons. The summed E-state index contributed by atoms with van der Waals surface area (Å²) in [5.41, 5.74) is 1.95. The molecule has 1 aromatic carbocycles. The minimum Gasteiger partial charge on any atom is -0.392 e. The minimum absolute atomic E-state index is 0.221. The van der Waals surface area contributed by atoms with Gasteiger partial charge in [0, 0.05) is 25.3 Å². The number of anilines is 1. The van der Waals surface area contributed by atoms with Gasteiger partial charge in [-0.15, -0.1) is 0 Å². The lowest BCUT2D eigenvalue weighted by Gasteiger charge is -2.19. The maximum Gasteiger partial charge on any atom is 0.321 e.